The number of aliphatic hydroxyl groups is 1. The summed E-state index contributed by atoms with van der Waals surface area (Å²) in [6, 6.07) is 15.7. The van der Waals surface area contributed by atoms with Crippen LogP contribution >= 0.6 is 0 Å². The minimum absolute atomic E-state index is 0.0143. The Hall–Kier alpha value is -2.86. The van der Waals surface area contributed by atoms with Crippen LogP contribution < -0.4 is 5.32 Å². The Bertz CT molecular complexity index is 645. The van der Waals surface area contributed by atoms with Gasteiger partial charge in [-0.1, -0.05) is 60.7 Å². The lowest BCUT2D eigenvalue weighted by Crippen LogP contribution is -2.45. The van der Waals surface area contributed by atoms with Gasteiger partial charge in [-0.25, -0.2) is 9.59 Å². The molecule has 0 heterocycles. The predicted octanol–water partition coefficient (Wildman–Crippen LogP) is 2.10. The van der Waals surface area contributed by atoms with Crippen LogP contribution in [0.2, 0.25) is 0 Å². The van der Waals surface area contributed by atoms with Crippen LogP contribution in [0.4, 0.5) is 4.79 Å². The zero-order valence-electron chi connectivity index (χ0n) is 12.3. The van der Waals surface area contributed by atoms with Crippen LogP contribution in [0.25, 0.3) is 0 Å². The van der Waals surface area contributed by atoms with E-state index in [0.717, 1.165) is 5.56 Å². The molecule has 0 spiro atoms. The predicted molar refractivity (Wildman–Crippen MR) is 82.6 cm³/mol. The van der Waals surface area contributed by atoms with Crippen LogP contribution in [0.1, 0.15) is 17.2 Å². The van der Waals surface area contributed by atoms with E-state index in [2.05, 4.69) is 5.32 Å². The van der Waals surface area contributed by atoms with Gasteiger partial charge in [-0.2, -0.15) is 0 Å². The normalized spacial score (nSPS) is 12.9. The highest BCUT2D eigenvalue weighted by atomic mass is 16.5. The number of benzene rings is 2. The summed E-state index contributed by atoms with van der Waals surface area (Å²) in [5, 5.41) is 21.5. The third kappa shape index (κ3) is 4.82. The molecule has 6 heteroatoms. The first-order valence-electron chi connectivity index (χ1n) is 7.01. The molecule has 120 valence electrons. The molecule has 2 atom stereocenters. The number of hydrogen-bond donors (Lipinski definition) is 3. The van der Waals surface area contributed by atoms with E-state index in [4.69, 9.17) is 4.74 Å². The molecule has 0 radical (unpaired) electrons. The standard InChI is InChI=1S/C17H17NO5/c19-15(13-9-5-2-6-10-13)14(16(20)21)18-17(22)23-11-12-7-3-1-4-8-12/h1-10,14-15,19H,11H2,(H,18,22)(H,20,21)/t14?,15-/m1/s1. The number of carboxylic acids is 1. The largest absolute Gasteiger partial charge is 0.480 e. The van der Waals surface area contributed by atoms with Gasteiger partial charge in [0, 0.05) is 0 Å². The van der Waals surface area contributed by atoms with Crippen molar-refractivity contribution in [3.63, 3.8) is 0 Å². The highest BCUT2D eigenvalue weighted by Gasteiger charge is 2.29. The Morgan fingerprint density at radius 1 is 1.00 bits per heavy atom. The van der Waals surface area contributed by atoms with E-state index >= 15 is 0 Å². The smallest absolute Gasteiger partial charge is 0.408 e. The van der Waals surface area contributed by atoms with Crippen molar-refractivity contribution >= 4 is 12.1 Å². The molecule has 0 aliphatic carbocycles. The number of amides is 1. The monoisotopic (exact) mass is 315 g/mol. The number of carboxylic acid groups (broad SMARTS) is 1. The Morgan fingerprint density at radius 2 is 1.57 bits per heavy atom. The summed E-state index contributed by atoms with van der Waals surface area (Å²) in [5.74, 6) is -1.35. The van der Waals surface area contributed by atoms with Crippen molar-refractivity contribution in [2.24, 2.45) is 0 Å². The fourth-order valence-electron chi connectivity index (χ4n) is 2.01. The van der Waals surface area contributed by atoms with Crippen molar-refractivity contribution in [3.8, 4) is 0 Å². The van der Waals surface area contributed by atoms with Gasteiger partial charge >= 0.3 is 12.1 Å². The summed E-state index contributed by atoms with van der Waals surface area (Å²) in [6.07, 6.45) is -2.28. The minimum Gasteiger partial charge on any atom is -0.480 e. The maximum Gasteiger partial charge on any atom is 0.408 e. The molecule has 23 heavy (non-hydrogen) atoms. The molecule has 2 rings (SSSR count). The van der Waals surface area contributed by atoms with Gasteiger partial charge in [0.15, 0.2) is 6.04 Å². The van der Waals surface area contributed by atoms with Gasteiger partial charge in [0.05, 0.1) is 0 Å². The Morgan fingerprint density at radius 3 is 2.13 bits per heavy atom. The van der Waals surface area contributed by atoms with E-state index in [1.807, 2.05) is 6.07 Å². The number of carbonyl (C=O) groups excluding carboxylic acids is 1. The van der Waals surface area contributed by atoms with Crippen molar-refractivity contribution in [2.45, 2.75) is 18.8 Å². The maximum absolute atomic E-state index is 11.8. The summed E-state index contributed by atoms with van der Waals surface area (Å²) >= 11 is 0. The van der Waals surface area contributed by atoms with E-state index in [-0.39, 0.29) is 6.61 Å². The fraction of sp³-hybridized carbons (Fsp3) is 0.176. The van der Waals surface area contributed by atoms with Crippen molar-refractivity contribution in [1.29, 1.82) is 0 Å². The molecule has 2 aromatic rings. The lowest BCUT2D eigenvalue weighted by molar-refractivity contribution is -0.142. The number of carbonyl (C=O) groups is 2. The van der Waals surface area contributed by atoms with Gasteiger partial charge in [0.25, 0.3) is 0 Å². The van der Waals surface area contributed by atoms with E-state index in [9.17, 15) is 19.8 Å². The summed E-state index contributed by atoms with van der Waals surface area (Å²) in [6.45, 7) is 0.0143. The second-order valence-corrected chi connectivity index (χ2v) is 4.88. The van der Waals surface area contributed by atoms with Crippen LogP contribution in [0.15, 0.2) is 60.7 Å². The number of rotatable bonds is 6. The number of alkyl carbamates (subject to hydrolysis) is 1. The van der Waals surface area contributed by atoms with E-state index in [1.54, 1.807) is 54.6 Å². The Labute approximate surface area is 133 Å². The van der Waals surface area contributed by atoms with Gasteiger partial charge < -0.3 is 20.3 Å². The van der Waals surface area contributed by atoms with Crippen LogP contribution in [0.5, 0.6) is 0 Å². The van der Waals surface area contributed by atoms with Crippen molar-refractivity contribution < 1.29 is 24.5 Å². The molecule has 6 nitrogen and oxygen atoms in total. The summed E-state index contributed by atoms with van der Waals surface area (Å²) in [7, 11) is 0. The first-order valence-corrected chi connectivity index (χ1v) is 7.01. The summed E-state index contributed by atoms with van der Waals surface area (Å²) in [4.78, 5) is 23.1. The van der Waals surface area contributed by atoms with Gasteiger partial charge in [-0.05, 0) is 11.1 Å². The number of aliphatic carboxylic acids is 1. The minimum atomic E-state index is -1.50. The molecule has 0 saturated carbocycles. The molecule has 1 unspecified atom stereocenters. The van der Waals surface area contributed by atoms with Gasteiger partial charge in [-0.3, -0.25) is 0 Å². The molecule has 0 saturated heterocycles. The molecular weight excluding hydrogens is 298 g/mol. The van der Waals surface area contributed by atoms with E-state index in [0.29, 0.717) is 5.56 Å². The lowest BCUT2D eigenvalue weighted by Gasteiger charge is -2.20. The van der Waals surface area contributed by atoms with Crippen molar-refractivity contribution in [3.05, 3.63) is 71.8 Å². The highest BCUT2D eigenvalue weighted by Crippen LogP contribution is 2.17. The first kappa shape index (κ1) is 16.5. The molecule has 3 N–H and O–H groups in total. The maximum atomic E-state index is 11.8. The fourth-order valence-corrected chi connectivity index (χ4v) is 2.01. The number of hydrogen-bond acceptors (Lipinski definition) is 4. The zero-order valence-corrected chi connectivity index (χ0v) is 12.3. The van der Waals surface area contributed by atoms with Gasteiger partial charge in [0.2, 0.25) is 0 Å². The number of nitrogens with one attached hydrogen (secondary N) is 1. The number of ether oxygens (including phenoxy) is 1. The molecule has 0 aliphatic heterocycles. The Balaban J connectivity index is 1.96. The third-order valence-corrected chi connectivity index (χ3v) is 3.21. The molecule has 1 amide bonds. The number of aliphatic hydroxyl groups excluding tert-OH is 1. The second-order valence-electron chi connectivity index (χ2n) is 4.88. The topological polar surface area (TPSA) is 95.9 Å². The summed E-state index contributed by atoms with van der Waals surface area (Å²) in [5.41, 5.74) is 1.17. The first-order chi connectivity index (χ1) is 11.1. The summed E-state index contributed by atoms with van der Waals surface area (Å²) < 4.78 is 4.97. The van der Waals surface area contributed by atoms with Crippen LogP contribution in [0, 0.1) is 0 Å². The highest BCUT2D eigenvalue weighted by molar-refractivity contribution is 5.80. The van der Waals surface area contributed by atoms with Crippen molar-refractivity contribution in [1.82, 2.24) is 5.32 Å². The average molecular weight is 315 g/mol. The van der Waals surface area contributed by atoms with Crippen LogP contribution in [-0.4, -0.2) is 28.3 Å². The third-order valence-electron chi connectivity index (χ3n) is 3.21. The molecule has 0 fully saturated rings. The average Bonchev–Trinajstić information content (AvgIpc) is 2.58. The quantitative estimate of drug-likeness (QED) is 0.758. The molecule has 0 bridgehead atoms. The van der Waals surface area contributed by atoms with Gasteiger partial charge in [0.1, 0.15) is 12.7 Å². The molecule has 0 aromatic heterocycles. The second kappa shape index (κ2) is 7.95. The Kier molecular flexibility index (Phi) is 5.71. The SMILES string of the molecule is O=C(NC(C(=O)O)[C@H](O)c1ccccc1)OCc1ccccc1. The molecular formula is C17H17NO5. The van der Waals surface area contributed by atoms with Gasteiger partial charge in [-0.15, -0.1) is 0 Å². The van der Waals surface area contributed by atoms with Crippen molar-refractivity contribution in [2.75, 3.05) is 0 Å². The van der Waals surface area contributed by atoms with Crippen LogP contribution in [0.3, 0.4) is 0 Å². The molecule has 0 aliphatic rings. The van der Waals surface area contributed by atoms with E-state index in [1.165, 1.54) is 0 Å². The lowest BCUT2D eigenvalue weighted by atomic mass is 10.0. The van der Waals surface area contributed by atoms with E-state index < -0.39 is 24.2 Å². The zero-order chi connectivity index (χ0) is 16.7. The molecule has 2 aromatic carbocycles. The van der Waals surface area contributed by atoms with Crippen LogP contribution in [-0.2, 0) is 16.1 Å².